The molecule has 8 nitrogen and oxygen atoms in total. The topological polar surface area (TPSA) is 113 Å². The van der Waals surface area contributed by atoms with Gasteiger partial charge in [0.05, 0.1) is 12.2 Å². The highest BCUT2D eigenvalue weighted by molar-refractivity contribution is 7.89. The second-order valence-electron chi connectivity index (χ2n) is 4.18. The standard InChI is InChI=1S/C10H18N2O6S/c1-18-5-2-6-19(16,17)12-4-3-11-10(15)8(12)7-9(13)14/h8H,2-7H2,1H3,(H,11,15)(H,13,14). The predicted molar refractivity (Wildman–Crippen MR) is 66.0 cm³/mol. The van der Waals surface area contributed by atoms with Crippen molar-refractivity contribution in [2.45, 2.75) is 18.9 Å². The first kappa shape index (κ1) is 15.9. The van der Waals surface area contributed by atoms with Gasteiger partial charge in [-0.2, -0.15) is 4.31 Å². The minimum absolute atomic E-state index is 0.0962. The smallest absolute Gasteiger partial charge is 0.305 e. The number of amides is 1. The Bertz CT molecular complexity index is 435. The molecule has 2 N–H and O–H groups in total. The normalized spacial score (nSPS) is 21.1. The van der Waals surface area contributed by atoms with Crippen LogP contribution in [0.5, 0.6) is 0 Å². The van der Waals surface area contributed by atoms with Crippen LogP contribution in [0, 0.1) is 0 Å². The number of carboxylic acids is 1. The van der Waals surface area contributed by atoms with Crippen molar-refractivity contribution in [3.8, 4) is 0 Å². The van der Waals surface area contributed by atoms with Crippen molar-refractivity contribution in [3.05, 3.63) is 0 Å². The van der Waals surface area contributed by atoms with Gasteiger partial charge in [0, 0.05) is 26.8 Å². The third-order valence-electron chi connectivity index (χ3n) is 2.76. The van der Waals surface area contributed by atoms with E-state index in [-0.39, 0.29) is 18.8 Å². The Kier molecular flexibility index (Phi) is 5.70. The molecule has 9 heteroatoms. The maximum Gasteiger partial charge on any atom is 0.305 e. The predicted octanol–water partition coefficient (Wildman–Crippen LogP) is -1.37. The van der Waals surface area contributed by atoms with Crippen LogP contribution in [0.15, 0.2) is 0 Å². The summed E-state index contributed by atoms with van der Waals surface area (Å²) in [5.74, 6) is -1.94. The summed E-state index contributed by atoms with van der Waals surface area (Å²) < 4.78 is 30.0. The molecule has 0 aromatic rings. The summed E-state index contributed by atoms with van der Waals surface area (Å²) in [5.41, 5.74) is 0. The number of carbonyl (C=O) groups is 2. The minimum Gasteiger partial charge on any atom is -0.481 e. The highest BCUT2D eigenvalue weighted by Crippen LogP contribution is 2.15. The van der Waals surface area contributed by atoms with Crippen molar-refractivity contribution in [1.29, 1.82) is 0 Å². The maximum atomic E-state index is 12.1. The molecule has 1 fully saturated rings. The molecule has 0 bridgehead atoms. The van der Waals surface area contributed by atoms with E-state index in [2.05, 4.69) is 5.32 Å². The number of sulfonamides is 1. The summed E-state index contributed by atoms with van der Waals surface area (Å²) in [6.07, 6.45) is -0.230. The molecule has 1 heterocycles. The highest BCUT2D eigenvalue weighted by atomic mass is 32.2. The summed E-state index contributed by atoms with van der Waals surface area (Å²) in [4.78, 5) is 22.3. The fourth-order valence-electron chi connectivity index (χ4n) is 1.89. The number of hydrogen-bond donors (Lipinski definition) is 2. The van der Waals surface area contributed by atoms with E-state index in [1.165, 1.54) is 7.11 Å². The van der Waals surface area contributed by atoms with Crippen LogP contribution in [-0.4, -0.2) is 68.3 Å². The van der Waals surface area contributed by atoms with Crippen molar-refractivity contribution in [2.75, 3.05) is 32.6 Å². The minimum atomic E-state index is -3.65. The lowest BCUT2D eigenvalue weighted by Crippen LogP contribution is -2.58. The second-order valence-corrected chi connectivity index (χ2v) is 6.22. The van der Waals surface area contributed by atoms with Gasteiger partial charge >= 0.3 is 5.97 Å². The Hall–Kier alpha value is -1.19. The zero-order valence-electron chi connectivity index (χ0n) is 10.7. The van der Waals surface area contributed by atoms with Crippen LogP contribution in [0.3, 0.4) is 0 Å². The van der Waals surface area contributed by atoms with Crippen LogP contribution < -0.4 is 5.32 Å². The van der Waals surface area contributed by atoms with Gasteiger partial charge in [0.15, 0.2) is 0 Å². The number of hydrogen-bond acceptors (Lipinski definition) is 5. The summed E-state index contributed by atoms with van der Waals surface area (Å²) >= 11 is 0. The number of aliphatic carboxylic acids is 1. The van der Waals surface area contributed by atoms with Gasteiger partial charge in [0.1, 0.15) is 6.04 Å². The molecule has 1 saturated heterocycles. The lowest BCUT2D eigenvalue weighted by atomic mass is 10.1. The second kappa shape index (κ2) is 6.83. The van der Waals surface area contributed by atoms with E-state index >= 15 is 0 Å². The number of nitrogens with one attached hydrogen (secondary N) is 1. The Morgan fingerprint density at radius 3 is 2.84 bits per heavy atom. The maximum absolute atomic E-state index is 12.1. The fraction of sp³-hybridized carbons (Fsp3) is 0.800. The molecule has 1 unspecified atom stereocenters. The van der Waals surface area contributed by atoms with E-state index in [1.807, 2.05) is 0 Å². The Morgan fingerprint density at radius 1 is 1.58 bits per heavy atom. The lowest BCUT2D eigenvalue weighted by molar-refractivity contribution is -0.141. The number of piperazine rings is 1. The van der Waals surface area contributed by atoms with Crippen LogP contribution in [0.25, 0.3) is 0 Å². The van der Waals surface area contributed by atoms with Gasteiger partial charge in [-0.05, 0) is 6.42 Å². The molecular formula is C10H18N2O6S. The summed E-state index contributed by atoms with van der Waals surface area (Å²) in [7, 11) is -2.19. The van der Waals surface area contributed by atoms with Crippen LogP contribution >= 0.6 is 0 Å². The molecule has 0 aliphatic carbocycles. The summed E-state index contributed by atoms with van der Waals surface area (Å²) in [5, 5.41) is 11.2. The van der Waals surface area contributed by atoms with Gasteiger partial charge in [0.2, 0.25) is 15.9 Å². The van der Waals surface area contributed by atoms with Gasteiger partial charge in [-0.3, -0.25) is 9.59 Å². The number of methoxy groups -OCH3 is 1. The average Bonchev–Trinajstić information content (AvgIpc) is 2.31. The first-order valence-corrected chi connectivity index (χ1v) is 7.47. The molecule has 110 valence electrons. The SMILES string of the molecule is COCCCS(=O)(=O)N1CCNC(=O)C1CC(=O)O. The zero-order chi connectivity index (χ0) is 14.5. The third kappa shape index (κ3) is 4.44. The van der Waals surface area contributed by atoms with E-state index in [1.54, 1.807) is 0 Å². The van der Waals surface area contributed by atoms with Crippen LogP contribution in [0.1, 0.15) is 12.8 Å². The molecule has 0 aromatic carbocycles. The quantitative estimate of drug-likeness (QED) is 0.560. The average molecular weight is 294 g/mol. The molecule has 1 aliphatic rings. The van der Waals surface area contributed by atoms with Crippen LogP contribution in [0.4, 0.5) is 0 Å². The van der Waals surface area contributed by atoms with Crippen molar-refractivity contribution in [1.82, 2.24) is 9.62 Å². The number of rotatable bonds is 7. The van der Waals surface area contributed by atoms with E-state index in [0.717, 1.165) is 4.31 Å². The number of carboxylic acid groups (broad SMARTS) is 1. The molecule has 1 aliphatic heterocycles. The van der Waals surface area contributed by atoms with Gasteiger partial charge in [-0.15, -0.1) is 0 Å². The molecule has 1 amide bonds. The van der Waals surface area contributed by atoms with E-state index < -0.39 is 34.4 Å². The van der Waals surface area contributed by atoms with Gasteiger partial charge in [-0.25, -0.2) is 8.42 Å². The lowest BCUT2D eigenvalue weighted by Gasteiger charge is -2.33. The first-order chi connectivity index (χ1) is 8.88. The van der Waals surface area contributed by atoms with Crippen molar-refractivity contribution in [3.63, 3.8) is 0 Å². The van der Waals surface area contributed by atoms with Crippen LogP contribution in [0.2, 0.25) is 0 Å². The van der Waals surface area contributed by atoms with Crippen molar-refractivity contribution >= 4 is 21.9 Å². The Balaban J connectivity index is 2.80. The monoisotopic (exact) mass is 294 g/mol. The molecule has 1 atom stereocenters. The van der Waals surface area contributed by atoms with Crippen molar-refractivity contribution in [2.24, 2.45) is 0 Å². The molecule has 0 spiro atoms. The van der Waals surface area contributed by atoms with E-state index in [9.17, 15) is 18.0 Å². The molecule has 19 heavy (non-hydrogen) atoms. The summed E-state index contributed by atoms with van der Waals surface area (Å²) in [6, 6.07) is -1.17. The van der Waals surface area contributed by atoms with Crippen LogP contribution in [-0.2, 0) is 24.3 Å². The van der Waals surface area contributed by atoms with Gasteiger partial charge in [-0.1, -0.05) is 0 Å². The van der Waals surface area contributed by atoms with Gasteiger partial charge < -0.3 is 15.2 Å². The molecular weight excluding hydrogens is 276 g/mol. The molecule has 0 saturated carbocycles. The number of ether oxygens (including phenoxy) is 1. The molecule has 0 radical (unpaired) electrons. The Labute approximate surface area is 111 Å². The van der Waals surface area contributed by atoms with E-state index in [0.29, 0.717) is 13.0 Å². The van der Waals surface area contributed by atoms with E-state index in [4.69, 9.17) is 9.84 Å². The summed E-state index contributed by atoms with van der Waals surface area (Å²) in [6.45, 7) is 0.584. The third-order valence-corrected chi connectivity index (χ3v) is 4.71. The number of carbonyl (C=O) groups excluding carboxylic acids is 1. The highest BCUT2D eigenvalue weighted by Gasteiger charge is 2.38. The van der Waals surface area contributed by atoms with Crippen molar-refractivity contribution < 1.29 is 27.9 Å². The molecule has 1 rings (SSSR count). The zero-order valence-corrected chi connectivity index (χ0v) is 11.5. The Morgan fingerprint density at radius 2 is 2.26 bits per heavy atom. The first-order valence-electron chi connectivity index (χ1n) is 5.86. The number of nitrogens with zero attached hydrogens (tertiary/aromatic N) is 1. The largest absolute Gasteiger partial charge is 0.481 e. The van der Waals surface area contributed by atoms with Gasteiger partial charge in [0.25, 0.3) is 0 Å². The fourth-order valence-corrected chi connectivity index (χ4v) is 3.53. The molecule has 0 aromatic heterocycles.